The van der Waals surface area contributed by atoms with Crippen molar-refractivity contribution in [3.8, 4) is 0 Å². The molecule has 1 aliphatic carbocycles. The summed E-state index contributed by atoms with van der Waals surface area (Å²) in [5, 5.41) is 0. The number of nitrogens with zero attached hydrogens (tertiary/aromatic N) is 1. The Bertz CT molecular complexity index is 558. The minimum Gasteiger partial charge on any atom is -0.396 e. The zero-order valence-electron chi connectivity index (χ0n) is 12.0. The normalized spacial score (nSPS) is 21.0. The maximum absolute atomic E-state index is 13.9. The average Bonchev–Trinajstić information content (AvgIpc) is 2.92. The summed E-state index contributed by atoms with van der Waals surface area (Å²) in [5.41, 5.74) is 5.10. The van der Waals surface area contributed by atoms with E-state index in [0.29, 0.717) is 18.5 Å². The molecule has 0 radical (unpaired) electrons. The Hall–Kier alpha value is -1.65. The summed E-state index contributed by atoms with van der Waals surface area (Å²) in [4.78, 5) is 13.9. The molecule has 1 spiro atoms. The molecule has 2 aliphatic rings. The number of benzene rings is 1. The first-order valence-corrected chi connectivity index (χ1v) is 7.55. The highest BCUT2D eigenvalue weighted by molar-refractivity contribution is 5.95. The molecule has 0 aromatic heterocycles. The molecule has 5 heteroatoms. The molecule has 1 aliphatic heterocycles. The van der Waals surface area contributed by atoms with Crippen molar-refractivity contribution in [1.29, 1.82) is 0 Å². The Morgan fingerprint density at radius 1 is 1.10 bits per heavy atom. The molecule has 114 valence electrons. The van der Waals surface area contributed by atoms with Crippen LogP contribution >= 0.6 is 0 Å². The van der Waals surface area contributed by atoms with Crippen LogP contribution in [0.2, 0.25) is 0 Å². The first kappa shape index (κ1) is 14.3. The van der Waals surface area contributed by atoms with Crippen molar-refractivity contribution in [2.75, 3.05) is 18.8 Å². The number of rotatable bonds is 1. The Balaban J connectivity index is 1.77. The van der Waals surface area contributed by atoms with E-state index in [1.807, 2.05) is 0 Å². The second kappa shape index (κ2) is 5.28. The number of hydrogen-bond acceptors (Lipinski definition) is 2. The molecular weight excluding hydrogens is 274 g/mol. The molecule has 1 aromatic rings. The second-order valence-corrected chi connectivity index (χ2v) is 6.32. The van der Waals surface area contributed by atoms with Crippen molar-refractivity contribution in [3.63, 3.8) is 0 Å². The average molecular weight is 294 g/mol. The zero-order chi connectivity index (χ0) is 15.0. The molecule has 1 saturated carbocycles. The Morgan fingerprint density at radius 3 is 2.33 bits per heavy atom. The predicted molar refractivity (Wildman–Crippen MR) is 76.8 cm³/mol. The summed E-state index contributed by atoms with van der Waals surface area (Å²) in [5.74, 6) is -2.36. The number of carbonyl (C=O) groups is 1. The topological polar surface area (TPSA) is 46.3 Å². The monoisotopic (exact) mass is 294 g/mol. The van der Waals surface area contributed by atoms with Gasteiger partial charge >= 0.3 is 0 Å². The molecule has 21 heavy (non-hydrogen) atoms. The van der Waals surface area contributed by atoms with Crippen LogP contribution in [0.15, 0.2) is 12.1 Å². The number of piperidine rings is 1. The SMILES string of the molecule is Nc1ccc(F)c(C(=O)N2CCC3(CCCC3)CC2)c1F. The summed E-state index contributed by atoms with van der Waals surface area (Å²) in [6, 6.07) is 2.19. The van der Waals surface area contributed by atoms with Crippen molar-refractivity contribution < 1.29 is 13.6 Å². The van der Waals surface area contributed by atoms with Gasteiger partial charge in [0.25, 0.3) is 5.91 Å². The van der Waals surface area contributed by atoms with Crippen LogP contribution in [0.5, 0.6) is 0 Å². The lowest BCUT2D eigenvalue weighted by Gasteiger charge is -2.39. The van der Waals surface area contributed by atoms with Crippen molar-refractivity contribution in [2.45, 2.75) is 38.5 Å². The van der Waals surface area contributed by atoms with E-state index in [1.165, 1.54) is 25.7 Å². The third kappa shape index (κ3) is 2.49. The third-order valence-corrected chi connectivity index (χ3v) is 5.11. The Labute approximate surface area is 123 Å². The molecule has 2 N–H and O–H groups in total. The van der Waals surface area contributed by atoms with Crippen LogP contribution in [0.3, 0.4) is 0 Å². The molecule has 0 atom stereocenters. The molecular formula is C16H20F2N2O. The number of carbonyl (C=O) groups excluding carboxylic acids is 1. The maximum atomic E-state index is 13.9. The largest absolute Gasteiger partial charge is 0.396 e. The van der Waals surface area contributed by atoms with Gasteiger partial charge in [0, 0.05) is 13.1 Å². The fourth-order valence-corrected chi connectivity index (χ4v) is 3.73. The molecule has 0 unspecified atom stereocenters. The van der Waals surface area contributed by atoms with E-state index in [0.717, 1.165) is 25.0 Å². The summed E-state index contributed by atoms with van der Waals surface area (Å²) >= 11 is 0. The second-order valence-electron chi connectivity index (χ2n) is 6.32. The summed E-state index contributed by atoms with van der Waals surface area (Å²) in [7, 11) is 0. The number of halogens is 2. The van der Waals surface area contributed by atoms with Crippen molar-refractivity contribution in [3.05, 3.63) is 29.3 Å². The number of nitrogen functional groups attached to an aromatic ring is 1. The predicted octanol–water partition coefficient (Wildman–Crippen LogP) is 3.34. The molecule has 2 fully saturated rings. The van der Waals surface area contributed by atoms with Crippen LogP contribution in [0.1, 0.15) is 48.9 Å². The van der Waals surface area contributed by atoms with Crippen LogP contribution < -0.4 is 5.73 Å². The number of likely N-dealkylation sites (tertiary alicyclic amines) is 1. The number of anilines is 1. The molecule has 0 bridgehead atoms. The highest BCUT2D eigenvalue weighted by atomic mass is 19.1. The van der Waals surface area contributed by atoms with E-state index >= 15 is 0 Å². The smallest absolute Gasteiger partial charge is 0.259 e. The Kier molecular flexibility index (Phi) is 3.59. The van der Waals surface area contributed by atoms with Gasteiger partial charge in [-0.15, -0.1) is 0 Å². The van der Waals surface area contributed by atoms with Crippen molar-refractivity contribution >= 4 is 11.6 Å². The minimum atomic E-state index is -0.943. The standard InChI is InChI=1S/C16H20F2N2O/c17-11-3-4-12(19)14(18)13(11)15(21)20-9-7-16(8-10-20)5-1-2-6-16/h3-4H,1-2,5-10,19H2. The lowest BCUT2D eigenvalue weighted by Crippen LogP contribution is -2.42. The molecule has 1 aromatic carbocycles. The maximum Gasteiger partial charge on any atom is 0.259 e. The van der Waals surface area contributed by atoms with E-state index in [1.54, 1.807) is 4.90 Å². The minimum absolute atomic E-state index is 0.191. The number of nitrogens with two attached hydrogens (primary N) is 1. The van der Waals surface area contributed by atoms with Gasteiger partial charge in [-0.1, -0.05) is 12.8 Å². The van der Waals surface area contributed by atoms with E-state index in [-0.39, 0.29) is 5.69 Å². The Morgan fingerprint density at radius 2 is 1.71 bits per heavy atom. The van der Waals surface area contributed by atoms with Crippen LogP contribution in [0.25, 0.3) is 0 Å². The molecule has 3 nitrogen and oxygen atoms in total. The number of amides is 1. The van der Waals surface area contributed by atoms with E-state index in [2.05, 4.69) is 0 Å². The van der Waals surface area contributed by atoms with Crippen LogP contribution in [0, 0.1) is 17.0 Å². The van der Waals surface area contributed by atoms with Gasteiger partial charge in [0.1, 0.15) is 11.4 Å². The molecule has 1 heterocycles. The fourth-order valence-electron chi connectivity index (χ4n) is 3.73. The summed E-state index contributed by atoms with van der Waals surface area (Å²) in [6.45, 7) is 1.15. The lowest BCUT2D eigenvalue weighted by molar-refractivity contribution is 0.0578. The zero-order valence-corrected chi connectivity index (χ0v) is 12.0. The summed E-state index contributed by atoms with van der Waals surface area (Å²) < 4.78 is 27.7. The first-order valence-electron chi connectivity index (χ1n) is 7.55. The van der Waals surface area contributed by atoms with Crippen LogP contribution in [-0.2, 0) is 0 Å². The van der Waals surface area contributed by atoms with Crippen LogP contribution in [0.4, 0.5) is 14.5 Å². The van der Waals surface area contributed by atoms with Gasteiger partial charge in [-0.2, -0.15) is 0 Å². The van der Waals surface area contributed by atoms with Gasteiger partial charge in [-0.05, 0) is 43.2 Å². The van der Waals surface area contributed by atoms with Gasteiger partial charge in [0.05, 0.1) is 5.69 Å². The van der Waals surface area contributed by atoms with E-state index in [4.69, 9.17) is 5.73 Å². The highest BCUT2D eigenvalue weighted by Crippen LogP contribution is 2.46. The van der Waals surface area contributed by atoms with Crippen molar-refractivity contribution in [2.24, 2.45) is 5.41 Å². The van der Waals surface area contributed by atoms with E-state index in [9.17, 15) is 13.6 Å². The van der Waals surface area contributed by atoms with Gasteiger partial charge in [0.15, 0.2) is 5.82 Å². The van der Waals surface area contributed by atoms with Crippen molar-refractivity contribution in [1.82, 2.24) is 4.90 Å². The number of hydrogen-bond donors (Lipinski definition) is 1. The molecule has 1 amide bonds. The first-order chi connectivity index (χ1) is 10.0. The van der Waals surface area contributed by atoms with Gasteiger partial charge in [0.2, 0.25) is 0 Å². The van der Waals surface area contributed by atoms with Gasteiger partial charge in [-0.25, -0.2) is 8.78 Å². The van der Waals surface area contributed by atoms with Gasteiger partial charge < -0.3 is 10.6 Å². The highest BCUT2D eigenvalue weighted by Gasteiger charge is 2.38. The molecule has 3 rings (SSSR count). The third-order valence-electron chi connectivity index (χ3n) is 5.11. The fraction of sp³-hybridized carbons (Fsp3) is 0.562. The lowest BCUT2D eigenvalue weighted by atomic mass is 9.77. The van der Waals surface area contributed by atoms with Gasteiger partial charge in [-0.3, -0.25) is 4.79 Å². The molecule has 1 saturated heterocycles. The van der Waals surface area contributed by atoms with E-state index < -0.39 is 23.1 Å². The summed E-state index contributed by atoms with van der Waals surface area (Å²) in [6.07, 6.45) is 6.82. The van der Waals surface area contributed by atoms with Crippen LogP contribution in [-0.4, -0.2) is 23.9 Å². The quantitative estimate of drug-likeness (QED) is 0.807.